The molecule has 2 amide bonds. The number of alkyl halides is 3. The lowest BCUT2D eigenvalue weighted by molar-refractivity contribution is -0.241. The Labute approximate surface area is 239 Å². The molecule has 2 heterocycles. The second-order valence-corrected chi connectivity index (χ2v) is 12.1. The molecule has 1 saturated carbocycles. The molecule has 2 atom stereocenters. The summed E-state index contributed by atoms with van der Waals surface area (Å²) in [5.74, 6) is -4.49. The number of amides is 2. The van der Waals surface area contributed by atoms with Gasteiger partial charge in [0.15, 0.2) is 5.76 Å². The molecule has 10 nitrogen and oxygen atoms in total. The van der Waals surface area contributed by atoms with Crippen LogP contribution < -0.4 is 10.0 Å². The summed E-state index contributed by atoms with van der Waals surface area (Å²) < 4.78 is 71.3. The smallest absolute Gasteiger partial charge is 0.451 e. The molecular weight excluding hydrogens is 579 g/mol. The highest BCUT2D eigenvalue weighted by Crippen LogP contribution is 2.40. The third-order valence-electron chi connectivity index (χ3n) is 7.64. The summed E-state index contributed by atoms with van der Waals surface area (Å²) >= 11 is 0. The van der Waals surface area contributed by atoms with Crippen molar-refractivity contribution >= 4 is 44.5 Å². The van der Waals surface area contributed by atoms with Gasteiger partial charge in [-0.3, -0.25) is 9.59 Å². The van der Waals surface area contributed by atoms with Gasteiger partial charge in [-0.1, -0.05) is 50.3 Å². The van der Waals surface area contributed by atoms with E-state index in [1.165, 1.54) is 48.5 Å². The molecular formula is C28H28F3N3O7S. The molecule has 2 N–H and O–H groups in total. The number of anilines is 1. The van der Waals surface area contributed by atoms with Crippen LogP contribution in [-0.4, -0.2) is 50.0 Å². The van der Waals surface area contributed by atoms with Crippen molar-refractivity contribution in [2.45, 2.75) is 55.6 Å². The number of benzene rings is 2. The molecule has 224 valence electrons. The Morgan fingerprint density at radius 3 is 2.36 bits per heavy atom. The molecule has 2 fully saturated rings. The molecule has 42 heavy (non-hydrogen) atoms. The molecule has 1 saturated heterocycles. The van der Waals surface area contributed by atoms with Gasteiger partial charge >= 0.3 is 18.1 Å². The van der Waals surface area contributed by atoms with E-state index in [2.05, 4.69) is 10.2 Å². The summed E-state index contributed by atoms with van der Waals surface area (Å²) in [6.45, 7) is -0.00774. The van der Waals surface area contributed by atoms with Crippen molar-refractivity contribution in [3.05, 3.63) is 60.4 Å². The molecule has 0 radical (unpaired) electrons. The van der Waals surface area contributed by atoms with E-state index in [0.29, 0.717) is 11.8 Å². The van der Waals surface area contributed by atoms with Crippen molar-refractivity contribution in [3.63, 3.8) is 0 Å². The predicted molar refractivity (Wildman–Crippen MR) is 143 cm³/mol. The van der Waals surface area contributed by atoms with E-state index in [1.54, 1.807) is 6.07 Å². The molecule has 0 spiro atoms. The number of furan rings is 1. The van der Waals surface area contributed by atoms with Crippen molar-refractivity contribution in [1.29, 1.82) is 0 Å². The Morgan fingerprint density at radius 2 is 1.67 bits per heavy atom. The first-order chi connectivity index (χ1) is 19.9. The highest BCUT2D eigenvalue weighted by atomic mass is 32.2. The summed E-state index contributed by atoms with van der Waals surface area (Å²) in [4.78, 5) is 42.2. The maximum Gasteiger partial charge on any atom is 0.492 e. The van der Waals surface area contributed by atoms with E-state index < -0.39 is 40.0 Å². The van der Waals surface area contributed by atoms with Crippen molar-refractivity contribution in [2.24, 2.45) is 11.8 Å². The number of nitrogens with one attached hydrogen (secondary N) is 2. The lowest BCUT2D eigenvalue weighted by Crippen LogP contribution is -2.47. The molecule has 1 aliphatic carbocycles. The standard InChI is InChI=1S/C28H28F3N3O7S/c29-28(30,31)27(37)41-34-14-13-21(17-7-3-1-4-8-17)24(34)26(36)32-19-11-12-22-18(15-19)16-23(40-22)25(35)33-42(38,39)20-9-5-2-6-10-20/h2,5-6,9-12,15-17,21,24H,1,3-4,7-8,13-14H2,(H,32,36)(H,33,35)/t21-,24-/m0/s1. The van der Waals surface area contributed by atoms with E-state index >= 15 is 0 Å². The van der Waals surface area contributed by atoms with Crippen LogP contribution in [0.2, 0.25) is 0 Å². The normalized spacial score (nSPS) is 20.4. The zero-order valence-electron chi connectivity index (χ0n) is 22.2. The number of hydroxylamine groups is 2. The van der Waals surface area contributed by atoms with Crippen LogP contribution in [0.3, 0.4) is 0 Å². The largest absolute Gasteiger partial charge is 0.492 e. The first-order valence-corrected chi connectivity index (χ1v) is 14.9. The second kappa shape index (κ2) is 11.8. The van der Waals surface area contributed by atoms with Gasteiger partial charge in [0.25, 0.3) is 10.0 Å². The average molecular weight is 608 g/mol. The molecule has 1 aliphatic heterocycles. The number of carbonyl (C=O) groups is 3. The van der Waals surface area contributed by atoms with Gasteiger partial charge < -0.3 is 14.6 Å². The number of nitrogens with zero attached hydrogens (tertiary/aromatic N) is 1. The Kier molecular flexibility index (Phi) is 8.28. The predicted octanol–water partition coefficient (Wildman–Crippen LogP) is 4.78. The van der Waals surface area contributed by atoms with Crippen molar-refractivity contribution in [1.82, 2.24) is 9.79 Å². The summed E-state index contributed by atoms with van der Waals surface area (Å²) in [5.41, 5.74) is 0.491. The fraction of sp³-hybridized carbons (Fsp3) is 0.393. The van der Waals surface area contributed by atoms with Crippen molar-refractivity contribution < 1.29 is 45.2 Å². The minimum atomic E-state index is -5.21. The van der Waals surface area contributed by atoms with E-state index in [0.717, 1.165) is 37.2 Å². The fourth-order valence-electron chi connectivity index (χ4n) is 5.71. The molecule has 2 aromatic carbocycles. The number of halogens is 3. The summed E-state index contributed by atoms with van der Waals surface area (Å²) in [5, 5.41) is 3.89. The van der Waals surface area contributed by atoms with E-state index in [1.807, 2.05) is 4.72 Å². The van der Waals surface area contributed by atoms with Gasteiger partial charge in [-0.25, -0.2) is 17.9 Å². The fourth-order valence-corrected chi connectivity index (χ4v) is 6.69. The first-order valence-electron chi connectivity index (χ1n) is 13.4. The number of carbonyl (C=O) groups excluding carboxylic acids is 3. The lowest BCUT2D eigenvalue weighted by Gasteiger charge is -2.32. The van der Waals surface area contributed by atoms with Gasteiger partial charge in [-0.15, -0.1) is 5.06 Å². The van der Waals surface area contributed by atoms with Crippen LogP contribution in [0.15, 0.2) is 63.9 Å². The molecule has 0 unspecified atom stereocenters. The monoisotopic (exact) mass is 607 g/mol. The quantitative estimate of drug-likeness (QED) is 0.392. The van der Waals surface area contributed by atoms with Crippen LogP contribution in [-0.2, 0) is 24.4 Å². The summed E-state index contributed by atoms with van der Waals surface area (Å²) in [6, 6.07) is 11.9. The molecule has 2 aliphatic rings. The topological polar surface area (TPSA) is 135 Å². The molecule has 5 rings (SSSR count). The van der Waals surface area contributed by atoms with Crippen molar-refractivity contribution in [3.8, 4) is 0 Å². The Bertz CT molecular complexity index is 1580. The third kappa shape index (κ3) is 6.44. The molecule has 3 aromatic rings. The minimum absolute atomic E-state index is 0.00774. The van der Waals surface area contributed by atoms with E-state index in [9.17, 15) is 36.0 Å². The van der Waals surface area contributed by atoms with Crippen LogP contribution in [0.4, 0.5) is 18.9 Å². The van der Waals surface area contributed by atoms with Gasteiger partial charge in [0.05, 0.1) is 4.90 Å². The van der Waals surface area contributed by atoms with Gasteiger partial charge in [0, 0.05) is 17.6 Å². The number of hydrogen-bond donors (Lipinski definition) is 2. The number of sulfonamides is 1. The number of hydrogen-bond acceptors (Lipinski definition) is 8. The third-order valence-corrected chi connectivity index (χ3v) is 8.99. The highest BCUT2D eigenvalue weighted by Gasteiger charge is 2.49. The average Bonchev–Trinajstić information content (AvgIpc) is 3.57. The maximum absolute atomic E-state index is 13.5. The Morgan fingerprint density at radius 1 is 0.952 bits per heavy atom. The SMILES string of the molecule is O=C(NS(=O)(=O)c1ccccc1)c1cc2cc(NC(=O)[C@@H]3[C@H](C4CCCCC4)CCN3OC(=O)C(F)(F)F)ccc2o1. The van der Waals surface area contributed by atoms with Gasteiger partial charge in [0.1, 0.15) is 11.6 Å². The Balaban J connectivity index is 1.33. The van der Waals surface area contributed by atoms with Crippen LogP contribution >= 0.6 is 0 Å². The van der Waals surface area contributed by atoms with Gasteiger partial charge in [-0.05, 0) is 54.7 Å². The van der Waals surface area contributed by atoms with Crippen LogP contribution in [0.5, 0.6) is 0 Å². The molecule has 0 bridgehead atoms. The summed E-state index contributed by atoms with van der Waals surface area (Å²) in [7, 11) is -4.14. The first kappa shape index (κ1) is 29.6. The maximum atomic E-state index is 13.5. The van der Waals surface area contributed by atoms with E-state index in [-0.39, 0.29) is 40.3 Å². The Hall–Kier alpha value is -3.91. The highest BCUT2D eigenvalue weighted by molar-refractivity contribution is 7.90. The molecule has 14 heteroatoms. The molecule has 1 aromatic heterocycles. The van der Waals surface area contributed by atoms with Gasteiger partial charge in [0.2, 0.25) is 5.91 Å². The van der Waals surface area contributed by atoms with Crippen molar-refractivity contribution in [2.75, 3.05) is 11.9 Å². The van der Waals surface area contributed by atoms with E-state index in [4.69, 9.17) is 4.42 Å². The zero-order chi connectivity index (χ0) is 30.1. The minimum Gasteiger partial charge on any atom is -0.451 e. The lowest BCUT2D eigenvalue weighted by atomic mass is 9.76. The number of rotatable bonds is 7. The van der Waals surface area contributed by atoms with Crippen LogP contribution in [0, 0.1) is 11.8 Å². The number of fused-ring (bicyclic) bond motifs is 1. The van der Waals surface area contributed by atoms with Gasteiger partial charge in [-0.2, -0.15) is 13.2 Å². The zero-order valence-corrected chi connectivity index (χ0v) is 23.0. The second-order valence-electron chi connectivity index (χ2n) is 10.4. The van der Waals surface area contributed by atoms with Crippen LogP contribution in [0.25, 0.3) is 11.0 Å². The summed E-state index contributed by atoms with van der Waals surface area (Å²) in [6.07, 6.45) is -0.173. The van der Waals surface area contributed by atoms with Crippen LogP contribution in [0.1, 0.15) is 49.1 Å².